The van der Waals surface area contributed by atoms with Gasteiger partial charge >= 0.3 is 6.18 Å². The van der Waals surface area contributed by atoms with Gasteiger partial charge in [0.15, 0.2) is 5.75 Å². The van der Waals surface area contributed by atoms with Crippen LogP contribution in [0.2, 0.25) is 4.34 Å². The van der Waals surface area contributed by atoms with E-state index in [1.54, 1.807) is 23.7 Å². The first kappa shape index (κ1) is 26.7. The van der Waals surface area contributed by atoms with Crippen molar-refractivity contribution >= 4 is 46.0 Å². The van der Waals surface area contributed by atoms with Crippen LogP contribution in [0.3, 0.4) is 0 Å². The Kier molecular flexibility index (Phi) is 7.30. The van der Waals surface area contributed by atoms with Gasteiger partial charge in [-0.15, -0.1) is 22.7 Å². The molecule has 0 fully saturated rings. The van der Waals surface area contributed by atoms with E-state index >= 15 is 0 Å². The van der Waals surface area contributed by atoms with Gasteiger partial charge in [-0.2, -0.15) is 23.0 Å². The summed E-state index contributed by atoms with van der Waals surface area (Å²) in [5.41, 5.74) is -2.06. The minimum absolute atomic E-state index is 0.00834. The number of hydrogen-bond donors (Lipinski definition) is 2. The quantitative estimate of drug-likeness (QED) is 0.242. The smallest absolute Gasteiger partial charge is 0.417 e. The second-order valence-corrected chi connectivity index (χ2v) is 10.9. The van der Waals surface area contributed by atoms with Gasteiger partial charge in [0, 0.05) is 22.5 Å². The fourth-order valence-electron chi connectivity index (χ4n) is 3.86. The highest BCUT2D eigenvalue weighted by Gasteiger charge is 2.36. The number of nitrogens with zero attached hydrogens (tertiary/aromatic N) is 4. The maximum absolute atomic E-state index is 13.7. The second-order valence-electron chi connectivity index (χ2n) is 8.16. The number of halogens is 4. The predicted molar refractivity (Wildman–Crippen MR) is 143 cm³/mol. The number of anilines is 1. The van der Waals surface area contributed by atoms with Crippen LogP contribution < -0.4 is 10.9 Å². The third-order valence-corrected chi connectivity index (χ3v) is 7.63. The number of nitrogens with one attached hydrogen (secondary N) is 1. The maximum atomic E-state index is 13.7. The molecule has 0 spiro atoms. The van der Waals surface area contributed by atoms with Crippen molar-refractivity contribution in [1.29, 1.82) is 0 Å². The molecule has 1 aromatic carbocycles. The maximum Gasteiger partial charge on any atom is 0.417 e. The Hall–Kier alpha value is -3.94. The molecule has 0 unspecified atom stereocenters. The Bertz CT molecular complexity index is 1710. The van der Waals surface area contributed by atoms with Crippen LogP contribution in [0.15, 0.2) is 71.0 Å². The minimum atomic E-state index is -4.77. The van der Waals surface area contributed by atoms with Crippen molar-refractivity contribution in [3.63, 3.8) is 0 Å². The first-order chi connectivity index (χ1) is 18.6. The van der Waals surface area contributed by atoms with Crippen molar-refractivity contribution in [3.8, 4) is 17.1 Å². The summed E-state index contributed by atoms with van der Waals surface area (Å²) in [5.74, 6) is -1.43. The molecule has 5 aromatic rings. The molecule has 39 heavy (non-hydrogen) atoms. The summed E-state index contributed by atoms with van der Waals surface area (Å²) in [6.45, 7) is 0.215. The van der Waals surface area contributed by atoms with E-state index in [1.807, 2.05) is 0 Å². The Morgan fingerprint density at radius 1 is 1.13 bits per heavy atom. The van der Waals surface area contributed by atoms with Gasteiger partial charge in [-0.3, -0.25) is 14.2 Å². The number of pyridine rings is 1. The Labute approximate surface area is 231 Å². The number of carbonyl (C=O) groups is 1. The number of thiazole rings is 1. The van der Waals surface area contributed by atoms with Crippen LogP contribution in [0.4, 0.5) is 19.0 Å². The molecule has 5 rings (SSSR count). The molecule has 0 aliphatic heterocycles. The normalized spacial score (nSPS) is 11.6. The van der Waals surface area contributed by atoms with Gasteiger partial charge in [-0.25, -0.2) is 4.98 Å². The lowest BCUT2D eigenvalue weighted by molar-refractivity contribution is -0.137. The monoisotopic (exact) mass is 591 g/mol. The predicted octanol–water partition coefficient (Wildman–Crippen LogP) is 5.96. The molecule has 2 N–H and O–H groups in total. The average Bonchev–Trinajstić information content (AvgIpc) is 3.66. The van der Waals surface area contributed by atoms with Crippen molar-refractivity contribution in [2.75, 3.05) is 5.32 Å². The summed E-state index contributed by atoms with van der Waals surface area (Å²) < 4.78 is 43.7. The van der Waals surface area contributed by atoms with Crippen LogP contribution in [0.25, 0.3) is 11.4 Å². The number of benzene rings is 1. The lowest BCUT2D eigenvalue weighted by atomic mass is 10.1. The molecule has 0 atom stereocenters. The first-order valence-electron chi connectivity index (χ1n) is 11.2. The highest BCUT2D eigenvalue weighted by molar-refractivity contribution is 7.16. The van der Waals surface area contributed by atoms with Crippen LogP contribution in [0.5, 0.6) is 5.75 Å². The minimum Gasteiger partial charge on any atom is -0.503 e. The molecular formula is C25H17ClF3N5O3S2. The zero-order valence-corrected chi connectivity index (χ0v) is 22.0. The molecule has 4 aromatic heterocycles. The average molecular weight is 592 g/mol. The van der Waals surface area contributed by atoms with Gasteiger partial charge in [0.05, 0.1) is 34.2 Å². The molecule has 0 bridgehead atoms. The van der Waals surface area contributed by atoms with Crippen molar-refractivity contribution in [3.05, 3.63) is 102 Å². The van der Waals surface area contributed by atoms with Gasteiger partial charge < -0.3 is 10.4 Å². The molecule has 0 amide bonds. The SMILES string of the molecule is O=C(c1ccccc1C(F)(F)F)n1nc(-c2ccc(O)c(=O)n2Cc2nccs2)cc1NCc1ccc(Cl)s1. The van der Waals surface area contributed by atoms with E-state index in [2.05, 4.69) is 15.4 Å². The second kappa shape index (κ2) is 10.7. The van der Waals surface area contributed by atoms with E-state index in [0.29, 0.717) is 9.34 Å². The van der Waals surface area contributed by atoms with Gasteiger partial charge in [-0.05, 0) is 36.4 Å². The fourth-order valence-corrected chi connectivity index (χ4v) is 5.49. The molecule has 8 nitrogen and oxygen atoms in total. The number of alkyl halides is 3. The molecule has 0 radical (unpaired) electrons. The van der Waals surface area contributed by atoms with E-state index in [0.717, 1.165) is 21.7 Å². The lowest BCUT2D eigenvalue weighted by Gasteiger charge is -2.13. The number of thiophene rings is 1. The van der Waals surface area contributed by atoms with E-state index in [9.17, 15) is 27.9 Å². The van der Waals surface area contributed by atoms with Gasteiger partial charge in [-0.1, -0.05) is 23.7 Å². The highest BCUT2D eigenvalue weighted by Crippen LogP contribution is 2.33. The molecule has 14 heteroatoms. The fraction of sp³-hybridized carbons (Fsp3) is 0.120. The number of carbonyl (C=O) groups excluding carboxylic acids is 1. The number of aromatic nitrogens is 4. The van der Waals surface area contributed by atoms with Crippen LogP contribution >= 0.6 is 34.3 Å². The van der Waals surface area contributed by atoms with E-state index in [1.165, 1.54) is 57.6 Å². The Morgan fingerprint density at radius 2 is 1.92 bits per heavy atom. The standard InChI is InChI=1S/C25H17ClF3N5O3S2/c26-20-8-5-14(39-20)12-31-21-11-17(18-6-7-19(35)24(37)33(18)13-22-30-9-10-38-22)32-34(21)23(36)15-3-1-2-4-16(15)25(27,28)29/h1-11,31,35H,12-13H2. The Balaban J connectivity index is 1.62. The summed E-state index contributed by atoms with van der Waals surface area (Å²) in [6, 6.07) is 12.0. The molecule has 200 valence electrons. The lowest BCUT2D eigenvalue weighted by Crippen LogP contribution is -2.23. The Morgan fingerprint density at radius 3 is 2.62 bits per heavy atom. The molecule has 0 saturated heterocycles. The number of aromatic hydroxyl groups is 1. The molecular weight excluding hydrogens is 575 g/mol. The van der Waals surface area contributed by atoms with Gasteiger partial charge in [0.25, 0.3) is 11.5 Å². The van der Waals surface area contributed by atoms with E-state index in [-0.39, 0.29) is 30.3 Å². The van der Waals surface area contributed by atoms with Crippen LogP contribution in [0.1, 0.15) is 25.8 Å². The van der Waals surface area contributed by atoms with Crippen molar-refractivity contribution < 1.29 is 23.1 Å². The molecule has 0 aliphatic rings. The van der Waals surface area contributed by atoms with Crippen LogP contribution in [-0.2, 0) is 19.3 Å². The van der Waals surface area contributed by atoms with Crippen molar-refractivity contribution in [2.24, 2.45) is 0 Å². The zero-order valence-electron chi connectivity index (χ0n) is 19.6. The van der Waals surface area contributed by atoms with Gasteiger partial charge in [0.2, 0.25) is 0 Å². The third kappa shape index (κ3) is 5.60. The summed E-state index contributed by atoms with van der Waals surface area (Å²) >= 11 is 8.60. The van der Waals surface area contributed by atoms with Crippen molar-refractivity contribution in [2.45, 2.75) is 19.3 Å². The third-order valence-electron chi connectivity index (χ3n) is 5.63. The molecule has 4 heterocycles. The number of rotatable bonds is 7. The topological polar surface area (TPSA) is 102 Å². The molecule has 0 aliphatic carbocycles. The highest BCUT2D eigenvalue weighted by atomic mass is 35.5. The first-order valence-corrected chi connectivity index (χ1v) is 13.3. The summed E-state index contributed by atoms with van der Waals surface area (Å²) in [6.07, 6.45) is -3.20. The number of hydrogen-bond acceptors (Lipinski definition) is 8. The zero-order chi connectivity index (χ0) is 27.7. The van der Waals surface area contributed by atoms with Crippen LogP contribution in [0, 0.1) is 0 Å². The summed E-state index contributed by atoms with van der Waals surface area (Å²) in [5, 5.41) is 19.7. The van der Waals surface area contributed by atoms with E-state index in [4.69, 9.17) is 11.6 Å². The van der Waals surface area contributed by atoms with Crippen LogP contribution in [-0.4, -0.2) is 30.3 Å². The molecule has 0 saturated carbocycles. The summed E-state index contributed by atoms with van der Waals surface area (Å²) in [7, 11) is 0. The summed E-state index contributed by atoms with van der Waals surface area (Å²) in [4.78, 5) is 31.3. The van der Waals surface area contributed by atoms with Crippen molar-refractivity contribution in [1.82, 2.24) is 19.3 Å². The van der Waals surface area contributed by atoms with E-state index < -0.39 is 34.5 Å². The van der Waals surface area contributed by atoms with Gasteiger partial charge in [0.1, 0.15) is 16.5 Å². The largest absolute Gasteiger partial charge is 0.503 e.